The molecule has 0 aromatic heterocycles. The summed E-state index contributed by atoms with van der Waals surface area (Å²) in [5, 5.41) is 32.2. The smallest absolute Gasteiger partial charge is 0.347 e. The van der Waals surface area contributed by atoms with E-state index in [9.17, 15) is 20.1 Å². The minimum Gasteiger partial charge on any atom is -0.504 e. The zero-order valence-corrected chi connectivity index (χ0v) is 35.1. The third kappa shape index (κ3) is 22.0. The van der Waals surface area contributed by atoms with E-state index in [4.69, 9.17) is 4.74 Å². The topological polar surface area (TPSA) is 87.0 Å². The van der Waals surface area contributed by atoms with Crippen molar-refractivity contribution in [3.63, 3.8) is 0 Å². The summed E-state index contributed by atoms with van der Waals surface area (Å²) in [6.07, 6.45) is 43.3. The summed E-state index contributed by atoms with van der Waals surface area (Å²) < 4.78 is 5.51. The van der Waals surface area contributed by atoms with Crippen LogP contribution in [0.25, 0.3) is 0 Å². The average molecular weight is 751 g/mol. The molecule has 0 spiro atoms. The second kappa shape index (κ2) is 32.5. The van der Waals surface area contributed by atoms with Gasteiger partial charge in [0.1, 0.15) is 5.56 Å². The SMILES string of the molecule is CCCCCCCCCCCCCCCCCCCCc1ccc(C(=O)Oc2cccc(CCCCCCCCCCCCCCCC)c2O)c(O)c1O. The summed E-state index contributed by atoms with van der Waals surface area (Å²) in [6.45, 7) is 4.55. The molecule has 2 aromatic rings. The highest BCUT2D eigenvalue weighted by molar-refractivity contribution is 5.95. The predicted molar refractivity (Wildman–Crippen MR) is 229 cm³/mol. The first-order valence-electron chi connectivity index (χ1n) is 23.1. The molecule has 0 aliphatic heterocycles. The lowest BCUT2D eigenvalue weighted by Crippen LogP contribution is -2.09. The maximum atomic E-state index is 13.0. The summed E-state index contributed by atoms with van der Waals surface area (Å²) >= 11 is 0. The first kappa shape index (κ1) is 47.5. The first-order chi connectivity index (χ1) is 26.5. The molecule has 0 aliphatic rings. The van der Waals surface area contributed by atoms with Crippen LogP contribution < -0.4 is 4.74 Å². The van der Waals surface area contributed by atoms with E-state index in [1.165, 1.54) is 186 Å². The van der Waals surface area contributed by atoms with Gasteiger partial charge in [-0.2, -0.15) is 0 Å². The maximum Gasteiger partial charge on any atom is 0.347 e. The molecule has 5 nitrogen and oxygen atoms in total. The number of esters is 1. The van der Waals surface area contributed by atoms with Gasteiger partial charge in [0.05, 0.1) is 0 Å². The van der Waals surface area contributed by atoms with Crippen molar-refractivity contribution in [3.8, 4) is 23.0 Å². The number of hydrogen-bond donors (Lipinski definition) is 3. The van der Waals surface area contributed by atoms with Crippen LogP contribution in [0, 0.1) is 0 Å². The Morgan fingerprint density at radius 1 is 0.407 bits per heavy atom. The number of unbranched alkanes of at least 4 members (excludes halogenated alkanes) is 30. The number of carbonyl (C=O) groups excluding carboxylic acids is 1. The second-order valence-electron chi connectivity index (χ2n) is 16.2. The monoisotopic (exact) mass is 751 g/mol. The van der Waals surface area contributed by atoms with Crippen molar-refractivity contribution in [1.29, 1.82) is 0 Å². The van der Waals surface area contributed by atoms with Crippen molar-refractivity contribution >= 4 is 5.97 Å². The number of hydrogen-bond acceptors (Lipinski definition) is 5. The average Bonchev–Trinajstić information content (AvgIpc) is 3.17. The molecule has 0 saturated carbocycles. The summed E-state index contributed by atoms with van der Waals surface area (Å²) in [4.78, 5) is 13.0. The highest BCUT2D eigenvalue weighted by atomic mass is 16.5. The van der Waals surface area contributed by atoms with Crippen LogP contribution in [-0.2, 0) is 12.8 Å². The fraction of sp³-hybridized carbons (Fsp3) is 0.735. The summed E-state index contributed by atoms with van der Waals surface area (Å²) in [7, 11) is 0. The molecule has 0 bridgehead atoms. The molecule has 0 unspecified atom stereocenters. The number of aryl methyl sites for hydroxylation is 2. The van der Waals surface area contributed by atoms with Crippen molar-refractivity contribution in [2.75, 3.05) is 0 Å². The van der Waals surface area contributed by atoms with Gasteiger partial charge in [-0.15, -0.1) is 0 Å². The number of ether oxygens (including phenoxy) is 1. The van der Waals surface area contributed by atoms with E-state index in [2.05, 4.69) is 13.8 Å². The standard InChI is InChI=1S/C49H82O5/c1-3-5-7-9-11-13-15-17-19-20-21-22-24-26-28-30-32-34-37-43-40-41-44(48(52)47(43)51)49(53)54-45-39-35-38-42(46(45)50)36-33-31-29-27-25-23-18-16-14-12-10-8-6-4-2/h35,38-41,50-52H,3-34,36-37H2,1-2H3. The summed E-state index contributed by atoms with van der Waals surface area (Å²) in [5.41, 5.74) is 1.29. The van der Waals surface area contributed by atoms with Crippen LogP contribution in [0.15, 0.2) is 30.3 Å². The summed E-state index contributed by atoms with van der Waals surface area (Å²) in [5.74, 6) is -1.48. The Hall–Kier alpha value is -2.69. The Morgan fingerprint density at radius 2 is 0.741 bits per heavy atom. The molecule has 0 fully saturated rings. The maximum absolute atomic E-state index is 13.0. The first-order valence-corrected chi connectivity index (χ1v) is 23.1. The van der Waals surface area contributed by atoms with E-state index in [1.54, 1.807) is 18.2 Å². The number of para-hydroxylation sites is 1. The van der Waals surface area contributed by atoms with E-state index < -0.39 is 11.7 Å². The molecular weight excluding hydrogens is 669 g/mol. The summed E-state index contributed by atoms with van der Waals surface area (Å²) in [6, 6.07) is 8.42. The molecule has 5 heteroatoms. The lowest BCUT2D eigenvalue weighted by Gasteiger charge is -2.13. The zero-order chi connectivity index (χ0) is 38.9. The molecule has 0 atom stereocenters. The zero-order valence-electron chi connectivity index (χ0n) is 35.1. The lowest BCUT2D eigenvalue weighted by molar-refractivity contribution is 0.0725. The number of phenolic OH excluding ortho intramolecular Hbond substituents is 3. The molecule has 0 heterocycles. The fourth-order valence-electron chi connectivity index (χ4n) is 7.72. The van der Waals surface area contributed by atoms with Crippen molar-refractivity contribution in [1.82, 2.24) is 0 Å². The molecule has 2 aromatic carbocycles. The number of aromatic hydroxyl groups is 3. The van der Waals surface area contributed by atoms with Gasteiger partial charge < -0.3 is 20.1 Å². The van der Waals surface area contributed by atoms with Crippen LogP contribution in [-0.4, -0.2) is 21.3 Å². The van der Waals surface area contributed by atoms with Crippen LogP contribution in [0.4, 0.5) is 0 Å². The quantitative estimate of drug-likeness (QED) is 0.0279. The van der Waals surface area contributed by atoms with Crippen LogP contribution in [0.3, 0.4) is 0 Å². The van der Waals surface area contributed by atoms with Gasteiger partial charge in [0, 0.05) is 0 Å². The van der Waals surface area contributed by atoms with E-state index in [0.717, 1.165) is 37.7 Å². The van der Waals surface area contributed by atoms with E-state index in [-0.39, 0.29) is 22.8 Å². The largest absolute Gasteiger partial charge is 0.504 e. The number of carbonyl (C=O) groups is 1. The van der Waals surface area contributed by atoms with Gasteiger partial charge >= 0.3 is 5.97 Å². The van der Waals surface area contributed by atoms with Crippen molar-refractivity contribution < 1.29 is 24.9 Å². The molecule has 0 radical (unpaired) electrons. The minimum atomic E-state index is -0.800. The molecular formula is C49H82O5. The van der Waals surface area contributed by atoms with Crippen molar-refractivity contribution in [2.24, 2.45) is 0 Å². The Morgan fingerprint density at radius 3 is 1.11 bits per heavy atom. The Kier molecular flexibility index (Phi) is 28.6. The minimum absolute atomic E-state index is 0.0324. The predicted octanol–water partition coefficient (Wildman–Crippen LogP) is 15.6. The molecule has 0 amide bonds. The van der Waals surface area contributed by atoms with Gasteiger partial charge in [-0.25, -0.2) is 4.79 Å². The molecule has 3 N–H and O–H groups in total. The molecule has 0 saturated heterocycles. The highest BCUT2D eigenvalue weighted by Crippen LogP contribution is 2.36. The number of phenols is 3. The van der Waals surface area contributed by atoms with Crippen LogP contribution >= 0.6 is 0 Å². The fourth-order valence-corrected chi connectivity index (χ4v) is 7.72. The van der Waals surface area contributed by atoms with E-state index in [0.29, 0.717) is 12.0 Å². The normalized spacial score (nSPS) is 11.4. The van der Waals surface area contributed by atoms with Crippen LogP contribution in [0.2, 0.25) is 0 Å². The Balaban J connectivity index is 1.56. The van der Waals surface area contributed by atoms with E-state index in [1.807, 2.05) is 6.07 Å². The van der Waals surface area contributed by atoms with Gasteiger partial charge in [0.25, 0.3) is 0 Å². The number of benzene rings is 2. The van der Waals surface area contributed by atoms with Gasteiger partial charge in [0.15, 0.2) is 23.0 Å². The van der Waals surface area contributed by atoms with Crippen molar-refractivity contribution in [3.05, 3.63) is 47.0 Å². The third-order valence-corrected chi connectivity index (χ3v) is 11.3. The van der Waals surface area contributed by atoms with E-state index >= 15 is 0 Å². The lowest BCUT2D eigenvalue weighted by atomic mass is 10.0. The molecule has 2 rings (SSSR count). The van der Waals surface area contributed by atoms with Crippen molar-refractivity contribution in [2.45, 2.75) is 232 Å². The van der Waals surface area contributed by atoms with Crippen LogP contribution in [0.1, 0.15) is 241 Å². The van der Waals surface area contributed by atoms with Gasteiger partial charge in [-0.05, 0) is 48.9 Å². The third-order valence-electron chi connectivity index (χ3n) is 11.3. The van der Waals surface area contributed by atoms with Gasteiger partial charge in [-0.3, -0.25) is 0 Å². The Labute approximate surface area is 332 Å². The Bertz CT molecular complexity index is 1210. The van der Waals surface area contributed by atoms with Gasteiger partial charge in [-0.1, -0.05) is 225 Å². The van der Waals surface area contributed by atoms with Gasteiger partial charge in [0.2, 0.25) is 0 Å². The highest BCUT2D eigenvalue weighted by Gasteiger charge is 2.21. The second-order valence-corrected chi connectivity index (χ2v) is 16.2. The molecule has 308 valence electrons. The molecule has 0 aliphatic carbocycles. The molecule has 54 heavy (non-hydrogen) atoms. The number of rotatable bonds is 36. The van der Waals surface area contributed by atoms with Crippen LogP contribution in [0.5, 0.6) is 23.0 Å².